The third kappa shape index (κ3) is 3.53. The number of anilines is 1. The predicted octanol–water partition coefficient (Wildman–Crippen LogP) is 3.05. The van der Waals surface area contributed by atoms with Crippen molar-refractivity contribution in [3.8, 4) is 0 Å². The molecule has 2 rings (SSSR count). The highest BCUT2D eigenvalue weighted by Gasteiger charge is 2.19. The van der Waals surface area contributed by atoms with Crippen LogP contribution >= 0.6 is 11.6 Å². The number of halogens is 2. The standard InChI is InChI=1S/C14H14ClFN2O2S/c1-9-10(8-17)6-11(15)7-14(9)21(19,20)18-13-4-2-12(16)3-5-13/h2-7,18H,8,17H2,1H3. The number of rotatable bonds is 4. The maximum absolute atomic E-state index is 12.8. The minimum absolute atomic E-state index is 0.0553. The molecular weight excluding hydrogens is 315 g/mol. The van der Waals surface area contributed by atoms with Gasteiger partial charge in [-0.25, -0.2) is 12.8 Å². The van der Waals surface area contributed by atoms with E-state index in [1.54, 1.807) is 13.0 Å². The topological polar surface area (TPSA) is 72.2 Å². The molecule has 4 nitrogen and oxygen atoms in total. The van der Waals surface area contributed by atoms with E-state index in [0.717, 1.165) is 0 Å². The second kappa shape index (κ2) is 6.01. The molecule has 21 heavy (non-hydrogen) atoms. The van der Waals surface area contributed by atoms with Crippen LogP contribution < -0.4 is 10.5 Å². The Bertz CT molecular complexity index is 761. The molecule has 3 N–H and O–H groups in total. The average molecular weight is 329 g/mol. The summed E-state index contributed by atoms with van der Waals surface area (Å²) in [5.41, 5.74) is 7.05. The highest BCUT2D eigenvalue weighted by molar-refractivity contribution is 7.92. The molecular formula is C14H14ClFN2O2S. The lowest BCUT2D eigenvalue weighted by Gasteiger charge is -2.13. The summed E-state index contributed by atoms with van der Waals surface area (Å²) in [6.07, 6.45) is 0. The first-order valence-corrected chi connectivity index (χ1v) is 7.97. The Labute approximate surface area is 127 Å². The van der Waals surface area contributed by atoms with E-state index in [4.69, 9.17) is 17.3 Å². The fourth-order valence-corrected chi connectivity index (χ4v) is 3.61. The van der Waals surface area contributed by atoms with E-state index < -0.39 is 15.8 Å². The van der Waals surface area contributed by atoms with Crippen molar-refractivity contribution in [2.75, 3.05) is 4.72 Å². The molecule has 0 saturated carbocycles. The number of sulfonamides is 1. The molecule has 2 aromatic rings. The summed E-state index contributed by atoms with van der Waals surface area (Å²) < 4.78 is 40.1. The minimum Gasteiger partial charge on any atom is -0.326 e. The summed E-state index contributed by atoms with van der Waals surface area (Å²) in [5.74, 6) is -0.442. The quantitative estimate of drug-likeness (QED) is 0.906. The van der Waals surface area contributed by atoms with Crippen LogP contribution in [-0.4, -0.2) is 8.42 Å². The summed E-state index contributed by atoms with van der Waals surface area (Å²) in [4.78, 5) is 0.0553. The summed E-state index contributed by atoms with van der Waals surface area (Å²) >= 11 is 5.93. The Balaban J connectivity index is 2.44. The first-order chi connectivity index (χ1) is 9.83. The number of nitrogens with one attached hydrogen (secondary N) is 1. The van der Waals surface area contributed by atoms with Crippen molar-refractivity contribution in [2.45, 2.75) is 18.4 Å². The maximum Gasteiger partial charge on any atom is 0.262 e. The molecule has 0 aliphatic heterocycles. The van der Waals surface area contributed by atoms with Gasteiger partial charge in [0.2, 0.25) is 0 Å². The van der Waals surface area contributed by atoms with Crippen molar-refractivity contribution in [2.24, 2.45) is 5.73 Å². The van der Waals surface area contributed by atoms with Gasteiger partial charge in [0.1, 0.15) is 5.82 Å². The number of hydrogen-bond donors (Lipinski definition) is 2. The van der Waals surface area contributed by atoms with Crippen LogP contribution in [0.3, 0.4) is 0 Å². The molecule has 0 saturated heterocycles. The van der Waals surface area contributed by atoms with Gasteiger partial charge in [0, 0.05) is 17.3 Å². The maximum atomic E-state index is 12.8. The first kappa shape index (κ1) is 15.8. The fraction of sp³-hybridized carbons (Fsp3) is 0.143. The number of benzene rings is 2. The van der Waals surface area contributed by atoms with Crippen LogP contribution in [-0.2, 0) is 16.6 Å². The van der Waals surface area contributed by atoms with E-state index in [0.29, 0.717) is 16.1 Å². The molecule has 0 aliphatic rings. The molecule has 0 aromatic heterocycles. The third-order valence-electron chi connectivity index (χ3n) is 3.04. The SMILES string of the molecule is Cc1c(CN)cc(Cl)cc1S(=O)(=O)Nc1ccc(F)cc1. The monoisotopic (exact) mass is 328 g/mol. The van der Waals surface area contributed by atoms with Crippen molar-refractivity contribution in [3.05, 3.63) is 58.4 Å². The molecule has 0 bridgehead atoms. The van der Waals surface area contributed by atoms with Crippen molar-refractivity contribution >= 4 is 27.3 Å². The summed E-state index contributed by atoms with van der Waals surface area (Å²) in [5, 5.41) is 0.292. The van der Waals surface area contributed by atoms with E-state index in [1.165, 1.54) is 30.3 Å². The van der Waals surface area contributed by atoms with Crippen molar-refractivity contribution in [1.82, 2.24) is 0 Å². The van der Waals surface area contributed by atoms with Gasteiger partial charge in [0.05, 0.1) is 4.90 Å². The zero-order valence-electron chi connectivity index (χ0n) is 11.2. The molecule has 7 heteroatoms. The van der Waals surface area contributed by atoms with Gasteiger partial charge < -0.3 is 5.73 Å². The molecule has 0 aliphatic carbocycles. The van der Waals surface area contributed by atoms with Gasteiger partial charge in [0.15, 0.2) is 0 Å². The second-order valence-corrected chi connectivity index (χ2v) is 6.59. The van der Waals surface area contributed by atoms with E-state index in [-0.39, 0.29) is 17.1 Å². The van der Waals surface area contributed by atoms with Crippen LogP contribution in [0, 0.1) is 12.7 Å². The lowest BCUT2D eigenvalue weighted by Crippen LogP contribution is -2.15. The van der Waals surface area contributed by atoms with Gasteiger partial charge in [-0.1, -0.05) is 11.6 Å². The van der Waals surface area contributed by atoms with E-state index >= 15 is 0 Å². The van der Waals surface area contributed by atoms with Crippen molar-refractivity contribution in [3.63, 3.8) is 0 Å². The minimum atomic E-state index is -3.82. The van der Waals surface area contributed by atoms with E-state index in [9.17, 15) is 12.8 Å². The molecule has 0 spiro atoms. The van der Waals surface area contributed by atoms with E-state index in [2.05, 4.69) is 4.72 Å². The number of nitrogens with two attached hydrogens (primary N) is 1. The Morgan fingerprint density at radius 1 is 1.24 bits per heavy atom. The summed E-state index contributed by atoms with van der Waals surface area (Å²) in [7, 11) is -3.82. The van der Waals surface area contributed by atoms with Gasteiger partial charge in [-0.2, -0.15) is 0 Å². The Morgan fingerprint density at radius 3 is 2.43 bits per heavy atom. The highest BCUT2D eigenvalue weighted by atomic mass is 35.5. The Morgan fingerprint density at radius 2 is 1.86 bits per heavy atom. The van der Waals surface area contributed by atoms with Crippen molar-refractivity contribution in [1.29, 1.82) is 0 Å². The summed E-state index contributed by atoms with van der Waals surface area (Å²) in [6, 6.07) is 8.03. The van der Waals surface area contributed by atoms with Gasteiger partial charge in [-0.15, -0.1) is 0 Å². The third-order valence-corrected chi connectivity index (χ3v) is 4.76. The van der Waals surface area contributed by atoms with Gasteiger partial charge in [0.25, 0.3) is 10.0 Å². The predicted molar refractivity (Wildman–Crippen MR) is 81.3 cm³/mol. The molecule has 0 heterocycles. The second-order valence-electron chi connectivity index (χ2n) is 4.50. The van der Waals surface area contributed by atoms with E-state index in [1.807, 2.05) is 0 Å². The van der Waals surface area contributed by atoms with Crippen molar-refractivity contribution < 1.29 is 12.8 Å². The largest absolute Gasteiger partial charge is 0.326 e. The first-order valence-electron chi connectivity index (χ1n) is 6.11. The smallest absolute Gasteiger partial charge is 0.262 e. The van der Waals surface area contributed by atoms with Crippen LogP contribution in [0.2, 0.25) is 5.02 Å². The lowest BCUT2D eigenvalue weighted by atomic mass is 10.1. The van der Waals surface area contributed by atoms with Gasteiger partial charge >= 0.3 is 0 Å². The zero-order valence-corrected chi connectivity index (χ0v) is 12.8. The Hall–Kier alpha value is -1.63. The molecule has 0 radical (unpaired) electrons. The van der Waals surface area contributed by atoms with Crippen LogP contribution in [0.1, 0.15) is 11.1 Å². The van der Waals surface area contributed by atoms with Gasteiger partial charge in [-0.3, -0.25) is 4.72 Å². The molecule has 2 aromatic carbocycles. The lowest BCUT2D eigenvalue weighted by molar-refractivity contribution is 0.600. The highest BCUT2D eigenvalue weighted by Crippen LogP contribution is 2.26. The molecule has 112 valence electrons. The van der Waals surface area contributed by atoms with Crippen LogP contribution in [0.4, 0.5) is 10.1 Å². The zero-order chi connectivity index (χ0) is 15.6. The number of hydrogen-bond acceptors (Lipinski definition) is 3. The summed E-state index contributed by atoms with van der Waals surface area (Å²) in [6.45, 7) is 1.85. The molecule has 0 fully saturated rings. The average Bonchev–Trinajstić information content (AvgIpc) is 2.43. The Kier molecular flexibility index (Phi) is 4.51. The van der Waals surface area contributed by atoms with Crippen LogP contribution in [0.25, 0.3) is 0 Å². The molecule has 0 atom stereocenters. The fourth-order valence-electron chi connectivity index (χ4n) is 1.93. The van der Waals surface area contributed by atoms with Crippen LogP contribution in [0.5, 0.6) is 0 Å². The van der Waals surface area contributed by atoms with Gasteiger partial charge in [-0.05, 0) is 54.4 Å². The molecule has 0 unspecified atom stereocenters. The normalized spacial score (nSPS) is 11.4. The van der Waals surface area contributed by atoms with Crippen LogP contribution in [0.15, 0.2) is 41.3 Å². The molecule has 0 amide bonds.